The maximum atomic E-state index is 11.8. The van der Waals surface area contributed by atoms with Gasteiger partial charge in [0.05, 0.1) is 18.2 Å². The molecule has 0 spiro atoms. The predicted octanol–water partition coefficient (Wildman–Crippen LogP) is 2.69. The number of para-hydroxylation sites is 2. The van der Waals surface area contributed by atoms with Gasteiger partial charge in [0.15, 0.2) is 18.1 Å². The number of methoxy groups -OCH3 is 1. The number of hydrogen-bond donors (Lipinski definition) is 1. The first kappa shape index (κ1) is 18.9. The monoisotopic (exact) mass is 357 g/mol. The second-order valence-corrected chi connectivity index (χ2v) is 5.23. The lowest BCUT2D eigenvalue weighted by Gasteiger charge is -2.09. The molecule has 0 aliphatic carbocycles. The summed E-state index contributed by atoms with van der Waals surface area (Å²) in [4.78, 5) is 22.4. The van der Waals surface area contributed by atoms with Crippen LogP contribution in [0.4, 0.5) is 5.69 Å². The number of benzene rings is 2. The number of amides is 1. The van der Waals surface area contributed by atoms with Gasteiger partial charge in [-0.15, -0.1) is 0 Å². The highest BCUT2D eigenvalue weighted by Crippen LogP contribution is 2.25. The van der Waals surface area contributed by atoms with Gasteiger partial charge in [-0.2, -0.15) is 5.10 Å². The lowest BCUT2D eigenvalue weighted by Crippen LogP contribution is -2.24. The van der Waals surface area contributed by atoms with Crippen LogP contribution in [0.15, 0.2) is 47.6 Å². The minimum Gasteiger partial charge on any atom is -0.493 e. The maximum Gasteiger partial charge on any atom is 0.277 e. The summed E-state index contributed by atoms with van der Waals surface area (Å²) in [5.74, 6) is 0.499. The maximum absolute atomic E-state index is 11.8. The molecule has 26 heavy (non-hydrogen) atoms. The smallest absolute Gasteiger partial charge is 0.277 e. The van der Waals surface area contributed by atoms with Gasteiger partial charge in [-0.3, -0.25) is 14.9 Å². The summed E-state index contributed by atoms with van der Waals surface area (Å²) in [6.45, 7) is 1.60. The van der Waals surface area contributed by atoms with E-state index in [2.05, 4.69) is 10.5 Å². The Morgan fingerprint density at radius 3 is 2.65 bits per heavy atom. The first-order valence-corrected chi connectivity index (χ1v) is 7.90. The van der Waals surface area contributed by atoms with Crippen molar-refractivity contribution in [2.75, 3.05) is 13.7 Å². The molecule has 0 heterocycles. The van der Waals surface area contributed by atoms with Crippen LogP contribution >= 0.6 is 0 Å². The van der Waals surface area contributed by atoms with E-state index >= 15 is 0 Å². The van der Waals surface area contributed by atoms with Gasteiger partial charge < -0.3 is 9.47 Å². The van der Waals surface area contributed by atoms with E-state index in [1.54, 1.807) is 36.4 Å². The fraction of sp³-hybridized carbons (Fsp3) is 0.222. The lowest BCUT2D eigenvalue weighted by molar-refractivity contribution is -0.385. The molecule has 2 aromatic carbocycles. The molecule has 136 valence electrons. The van der Waals surface area contributed by atoms with E-state index in [4.69, 9.17) is 9.47 Å². The van der Waals surface area contributed by atoms with Crippen LogP contribution in [0.1, 0.15) is 18.1 Å². The van der Waals surface area contributed by atoms with Crippen molar-refractivity contribution in [1.29, 1.82) is 0 Å². The fourth-order valence-corrected chi connectivity index (χ4v) is 2.22. The molecule has 1 amide bonds. The standard InChI is InChI=1S/C18H19N3O5/c1-3-14-9-8-13(10-15(14)21(23)24)11-19-20-18(22)12-26-17-7-5-4-6-16(17)25-2/h4-11H,3,12H2,1-2H3,(H,20,22)/b19-11-. The molecule has 8 nitrogen and oxygen atoms in total. The molecule has 0 aromatic heterocycles. The zero-order valence-corrected chi connectivity index (χ0v) is 14.5. The third kappa shape index (κ3) is 5.04. The Balaban J connectivity index is 1.92. The molecule has 0 aliphatic heterocycles. The normalized spacial score (nSPS) is 10.5. The van der Waals surface area contributed by atoms with E-state index in [1.807, 2.05) is 6.92 Å². The Morgan fingerprint density at radius 1 is 1.27 bits per heavy atom. The van der Waals surface area contributed by atoms with Crippen LogP contribution in [0.5, 0.6) is 11.5 Å². The topological polar surface area (TPSA) is 103 Å². The van der Waals surface area contributed by atoms with E-state index in [0.717, 1.165) is 0 Å². The van der Waals surface area contributed by atoms with Crippen molar-refractivity contribution in [2.45, 2.75) is 13.3 Å². The molecular formula is C18H19N3O5. The van der Waals surface area contributed by atoms with Crippen LogP contribution in [0.2, 0.25) is 0 Å². The zero-order chi connectivity index (χ0) is 18.9. The largest absolute Gasteiger partial charge is 0.493 e. The number of ether oxygens (including phenoxy) is 2. The molecule has 1 N–H and O–H groups in total. The van der Waals surface area contributed by atoms with Crippen LogP contribution < -0.4 is 14.9 Å². The van der Waals surface area contributed by atoms with Crippen molar-refractivity contribution in [1.82, 2.24) is 5.43 Å². The van der Waals surface area contributed by atoms with Gasteiger partial charge in [0.25, 0.3) is 11.6 Å². The van der Waals surface area contributed by atoms with Gasteiger partial charge in [-0.1, -0.05) is 31.2 Å². The summed E-state index contributed by atoms with van der Waals surface area (Å²) in [6.07, 6.45) is 1.90. The summed E-state index contributed by atoms with van der Waals surface area (Å²) in [5.41, 5.74) is 3.49. The molecule has 2 rings (SSSR count). The number of carbonyl (C=O) groups is 1. The van der Waals surface area contributed by atoms with Gasteiger partial charge in [0, 0.05) is 17.2 Å². The van der Waals surface area contributed by atoms with Crippen LogP contribution in [-0.2, 0) is 11.2 Å². The van der Waals surface area contributed by atoms with Crippen LogP contribution in [0.25, 0.3) is 0 Å². The van der Waals surface area contributed by atoms with Crippen LogP contribution in [0, 0.1) is 10.1 Å². The molecule has 8 heteroatoms. The van der Waals surface area contributed by atoms with E-state index in [0.29, 0.717) is 29.0 Å². The Morgan fingerprint density at radius 2 is 2.00 bits per heavy atom. The van der Waals surface area contributed by atoms with E-state index in [9.17, 15) is 14.9 Å². The van der Waals surface area contributed by atoms with E-state index in [1.165, 1.54) is 19.4 Å². The molecule has 0 bridgehead atoms. The van der Waals surface area contributed by atoms with Gasteiger partial charge in [0.1, 0.15) is 0 Å². The molecule has 2 aromatic rings. The number of nitrogens with one attached hydrogen (secondary N) is 1. The summed E-state index contributed by atoms with van der Waals surface area (Å²) >= 11 is 0. The van der Waals surface area contributed by atoms with Crippen molar-refractivity contribution in [3.63, 3.8) is 0 Å². The van der Waals surface area contributed by atoms with Gasteiger partial charge >= 0.3 is 0 Å². The average Bonchev–Trinajstić information content (AvgIpc) is 2.66. The highest BCUT2D eigenvalue weighted by atomic mass is 16.6. The van der Waals surface area contributed by atoms with Gasteiger partial charge in [-0.05, 0) is 18.6 Å². The predicted molar refractivity (Wildman–Crippen MR) is 96.7 cm³/mol. The van der Waals surface area contributed by atoms with Crippen molar-refractivity contribution in [3.05, 3.63) is 63.7 Å². The zero-order valence-electron chi connectivity index (χ0n) is 14.5. The third-order valence-electron chi connectivity index (χ3n) is 3.52. The summed E-state index contributed by atoms with van der Waals surface area (Å²) in [6, 6.07) is 11.8. The number of hydrazone groups is 1. The quantitative estimate of drug-likeness (QED) is 0.444. The number of hydrogen-bond acceptors (Lipinski definition) is 6. The van der Waals surface area contributed by atoms with Gasteiger partial charge in [0.2, 0.25) is 0 Å². The molecule has 0 fully saturated rings. The summed E-state index contributed by atoms with van der Waals surface area (Å²) in [5, 5.41) is 14.8. The first-order valence-electron chi connectivity index (χ1n) is 7.90. The van der Waals surface area contributed by atoms with Crippen LogP contribution in [-0.4, -0.2) is 30.8 Å². The number of aryl methyl sites for hydroxylation is 1. The number of rotatable bonds is 8. The Hall–Kier alpha value is -3.42. The third-order valence-corrected chi connectivity index (χ3v) is 3.52. The van der Waals surface area contributed by atoms with E-state index in [-0.39, 0.29) is 12.3 Å². The highest BCUT2D eigenvalue weighted by molar-refractivity contribution is 5.83. The first-order chi connectivity index (χ1) is 12.5. The van der Waals surface area contributed by atoms with Crippen molar-refractivity contribution < 1.29 is 19.2 Å². The molecular weight excluding hydrogens is 338 g/mol. The summed E-state index contributed by atoms with van der Waals surface area (Å²) in [7, 11) is 1.51. The minimum atomic E-state index is -0.466. The van der Waals surface area contributed by atoms with Crippen molar-refractivity contribution in [3.8, 4) is 11.5 Å². The molecule has 0 radical (unpaired) electrons. The second-order valence-electron chi connectivity index (χ2n) is 5.23. The van der Waals surface area contributed by atoms with Crippen molar-refractivity contribution in [2.24, 2.45) is 5.10 Å². The average molecular weight is 357 g/mol. The SMILES string of the molecule is CCc1ccc(/C=N\NC(=O)COc2ccccc2OC)cc1[N+](=O)[O-]. The number of carbonyl (C=O) groups excluding carboxylic acids is 1. The van der Waals surface area contributed by atoms with Gasteiger partial charge in [-0.25, -0.2) is 5.43 Å². The highest BCUT2D eigenvalue weighted by Gasteiger charge is 2.12. The number of nitro groups is 1. The Labute approximate surface area is 150 Å². The minimum absolute atomic E-state index is 0.0299. The van der Waals surface area contributed by atoms with Crippen LogP contribution in [0.3, 0.4) is 0 Å². The molecule has 0 saturated heterocycles. The Bertz CT molecular complexity index is 820. The molecule has 0 unspecified atom stereocenters. The number of nitrogens with zero attached hydrogens (tertiary/aromatic N) is 2. The Kier molecular flexibility index (Phi) is 6.67. The summed E-state index contributed by atoms with van der Waals surface area (Å²) < 4.78 is 10.5. The molecule has 0 saturated carbocycles. The second kappa shape index (κ2) is 9.16. The molecule has 0 atom stereocenters. The fourth-order valence-electron chi connectivity index (χ4n) is 2.22. The van der Waals surface area contributed by atoms with Crippen molar-refractivity contribution >= 4 is 17.8 Å². The van der Waals surface area contributed by atoms with E-state index < -0.39 is 10.8 Å². The molecule has 0 aliphatic rings. The lowest BCUT2D eigenvalue weighted by atomic mass is 10.1. The number of nitro benzene ring substituents is 1.